The molecule has 194 valence electrons. The third-order valence-corrected chi connectivity index (χ3v) is 9.94. The average molecular weight is 520 g/mol. The molecule has 9 heteroatoms. The fraction of sp³-hybridized carbons (Fsp3) is 0.731. The van der Waals surface area contributed by atoms with Crippen LogP contribution in [0.15, 0.2) is 23.8 Å². The summed E-state index contributed by atoms with van der Waals surface area (Å²) in [5.74, 6) is -5.56. The number of thioether (sulfide) groups is 1. The molecule has 4 rings (SSSR count). The summed E-state index contributed by atoms with van der Waals surface area (Å²) in [7, 11) is 0. The van der Waals surface area contributed by atoms with Gasteiger partial charge in [0.2, 0.25) is 5.12 Å². The van der Waals surface area contributed by atoms with Crippen molar-refractivity contribution in [2.75, 3.05) is 0 Å². The Morgan fingerprint density at radius 2 is 2.06 bits per heavy atom. The summed E-state index contributed by atoms with van der Waals surface area (Å²) in [6, 6.07) is 0. The van der Waals surface area contributed by atoms with Crippen LogP contribution in [0.5, 0.6) is 0 Å². The molecule has 2 unspecified atom stereocenters. The molecule has 0 bridgehead atoms. The van der Waals surface area contributed by atoms with E-state index in [2.05, 4.69) is 0 Å². The van der Waals surface area contributed by atoms with Gasteiger partial charge in [0, 0.05) is 35.9 Å². The Morgan fingerprint density at radius 3 is 2.69 bits per heavy atom. The molecule has 0 radical (unpaired) electrons. The van der Waals surface area contributed by atoms with Gasteiger partial charge in [-0.2, -0.15) is 0 Å². The van der Waals surface area contributed by atoms with Crippen molar-refractivity contribution in [3.8, 4) is 0 Å². The standard InChI is InChI=1S/C26H33F3O5S/c1-6-21(32)34-26(22(33)35-14(3)27)13(2)9-16-17-11-19(28)18-10-15(30)7-8-23(18,4)25(17,29)20(31)12-24(16,26)5/h7-8,10,13-14,16-17,19-20,31H,6,9,11-12H2,1-5H3/t13-,14?,16+,17?,19+,20+,23+,24+,25+,26+/m1/s1/i1D3,6D2. The van der Waals surface area contributed by atoms with Gasteiger partial charge in [0.25, 0.3) is 0 Å². The normalized spacial score (nSPS) is 50.2. The summed E-state index contributed by atoms with van der Waals surface area (Å²) in [4.78, 5) is 38.9. The second kappa shape index (κ2) is 8.47. The fourth-order valence-corrected chi connectivity index (χ4v) is 8.57. The zero-order valence-corrected chi connectivity index (χ0v) is 20.8. The van der Waals surface area contributed by atoms with Gasteiger partial charge in [0.15, 0.2) is 17.1 Å². The molecule has 0 amide bonds. The van der Waals surface area contributed by atoms with Gasteiger partial charge < -0.3 is 9.84 Å². The molecule has 4 aliphatic carbocycles. The van der Waals surface area contributed by atoms with Crippen LogP contribution in [0.4, 0.5) is 13.2 Å². The number of hydrogen-bond acceptors (Lipinski definition) is 6. The second-order valence-electron chi connectivity index (χ2n) is 10.7. The molecule has 10 atom stereocenters. The van der Waals surface area contributed by atoms with Crippen molar-refractivity contribution in [2.24, 2.45) is 28.6 Å². The molecule has 0 aromatic rings. The van der Waals surface area contributed by atoms with Crippen LogP contribution in [0.1, 0.15) is 67.0 Å². The lowest BCUT2D eigenvalue weighted by atomic mass is 9.44. The number of carbonyl (C=O) groups excluding carboxylic acids is 3. The molecular weight excluding hydrogens is 481 g/mol. The molecule has 1 N–H and O–H groups in total. The van der Waals surface area contributed by atoms with E-state index >= 15 is 8.78 Å². The average Bonchev–Trinajstić information content (AvgIpc) is 3.03. The number of halogens is 3. The Morgan fingerprint density at radius 1 is 1.37 bits per heavy atom. The predicted octanol–water partition coefficient (Wildman–Crippen LogP) is 4.82. The molecule has 0 saturated heterocycles. The Kier molecular flexibility index (Phi) is 4.95. The van der Waals surface area contributed by atoms with E-state index in [0.29, 0.717) is 0 Å². The minimum atomic E-state index is -3.54. The molecule has 3 saturated carbocycles. The Bertz CT molecular complexity index is 1190. The summed E-state index contributed by atoms with van der Waals surface area (Å²) in [5.41, 5.74) is -10.1. The highest BCUT2D eigenvalue weighted by Gasteiger charge is 2.78. The number of carbonyl (C=O) groups is 3. The Hall–Kier alpha value is -1.61. The fourth-order valence-electron chi connectivity index (χ4n) is 7.62. The Labute approximate surface area is 214 Å². The Balaban J connectivity index is 1.88. The molecule has 5 nitrogen and oxygen atoms in total. The highest BCUT2D eigenvalue weighted by molar-refractivity contribution is 8.14. The summed E-state index contributed by atoms with van der Waals surface area (Å²) in [6.45, 7) is 1.89. The van der Waals surface area contributed by atoms with Crippen molar-refractivity contribution in [3.63, 3.8) is 0 Å². The van der Waals surface area contributed by atoms with Gasteiger partial charge in [0.1, 0.15) is 11.7 Å². The minimum absolute atomic E-state index is 0.0406. The van der Waals surface area contributed by atoms with Crippen molar-refractivity contribution in [2.45, 2.75) is 89.2 Å². The first-order valence-corrected chi connectivity index (χ1v) is 12.5. The summed E-state index contributed by atoms with van der Waals surface area (Å²) in [5, 5.41) is 10.5. The van der Waals surface area contributed by atoms with Gasteiger partial charge in [0.05, 0.1) is 6.10 Å². The van der Waals surface area contributed by atoms with Crippen LogP contribution >= 0.6 is 11.8 Å². The van der Waals surface area contributed by atoms with E-state index in [0.717, 1.165) is 19.1 Å². The van der Waals surface area contributed by atoms with Gasteiger partial charge >= 0.3 is 5.97 Å². The topological polar surface area (TPSA) is 80.7 Å². The number of ketones is 1. The lowest BCUT2D eigenvalue weighted by molar-refractivity contribution is -0.228. The van der Waals surface area contributed by atoms with Crippen LogP contribution in [0, 0.1) is 28.6 Å². The van der Waals surface area contributed by atoms with Crippen LogP contribution in [0.2, 0.25) is 0 Å². The SMILES string of the molecule is [2H]C([2H])([2H])C([2H])([2H])C(=O)O[C@]1(C(=O)SC(C)F)[C@H](C)C[C@H]2C3C[C@H](F)C4=CC(=O)C=C[C@]4(C)[C@@]3(F)[C@@H](O)C[C@@]21C. The highest BCUT2D eigenvalue weighted by Crippen LogP contribution is 2.72. The zero-order chi connectivity index (χ0) is 30.4. The maximum Gasteiger partial charge on any atom is 0.306 e. The molecule has 3 fully saturated rings. The minimum Gasteiger partial charge on any atom is -0.449 e. The van der Waals surface area contributed by atoms with Crippen LogP contribution < -0.4 is 0 Å². The summed E-state index contributed by atoms with van der Waals surface area (Å²) < 4.78 is 91.1. The third kappa shape index (κ3) is 3.36. The molecule has 0 aromatic heterocycles. The van der Waals surface area contributed by atoms with Gasteiger partial charge in [-0.3, -0.25) is 14.4 Å². The van der Waals surface area contributed by atoms with Crippen molar-refractivity contribution in [3.05, 3.63) is 23.8 Å². The quantitative estimate of drug-likeness (QED) is 0.537. The van der Waals surface area contributed by atoms with Crippen LogP contribution in [0.25, 0.3) is 0 Å². The maximum atomic E-state index is 17.4. The van der Waals surface area contributed by atoms with Crippen molar-refractivity contribution < 1.29 is 44.3 Å². The van der Waals surface area contributed by atoms with E-state index in [1.54, 1.807) is 0 Å². The van der Waals surface area contributed by atoms with Gasteiger partial charge in [-0.15, -0.1) is 0 Å². The number of hydrogen-bond donors (Lipinski definition) is 1. The smallest absolute Gasteiger partial charge is 0.306 e. The maximum absolute atomic E-state index is 17.4. The highest BCUT2D eigenvalue weighted by atomic mass is 32.2. The van der Waals surface area contributed by atoms with Gasteiger partial charge in [-0.05, 0) is 68.5 Å². The lowest BCUT2D eigenvalue weighted by Gasteiger charge is -2.63. The van der Waals surface area contributed by atoms with Crippen LogP contribution in [-0.2, 0) is 19.1 Å². The molecule has 4 aliphatic rings. The summed E-state index contributed by atoms with van der Waals surface area (Å²) >= 11 is 0.163. The van der Waals surface area contributed by atoms with E-state index in [4.69, 9.17) is 11.6 Å². The number of aliphatic hydroxyl groups is 1. The van der Waals surface area contributed by atoms with Crippen LogP contribution in [-0.4, -0.2) is 51.0 Å². The largest absolute Gasteiger partial charge is 0.449 e. The van der Waals surface area contributed by atoms with Crippen molar-refractivity contribution in [1.29, 1.82) is 0 Å². The number of aliphatic hydroxyl groups excluding tert-OH is 1. The number of rotatable bonds is 4. The summed E-state index contributed by atoms with van der Waals surface area (Å²) in [6.07, 6.45) is -4.80. The number of alkyl halides is 3. The molecular formula is C26H33F3O5S. The first-order valence-electron chi connectivity index (χ1n) is 14.2. The molecule has 0 heterocycles. The second-order valence-corrected chi connectivity index (χ2v) is 12.0. The van der Waals surface area contributed by atoms with Gasteiger partial charge in [-0.1, -0.05) is 26.8 Å². The van der Waals surface area contributed by atoms with Crippen molar-refractivity contribution in [1.82, 2.24) is 0 Å². The lowest BCUT2D eigenvalue weighted by Crippen LogP contribution is -2.70. The third-order valence-electron chi connectivity index (χ3n) is 9.10. The van der Waals surface area contributed by atoms with E-state index in [1.165, 1.54) is 26.8 Å². The first-order chi connectivity index (χ1) is 18.1. The monoisotopic (exact) mass is 519 g/mol. The molecule has 0 spiro atoms. The van der Waals surface area contributed by atoms with E-state index in [1.807, 2.05) is 0 Å². The molecule has 35 heavy (non-hydrogen) atoms. The molecule has 0 aromatic carbocycles. The predicted molar refractivity (Wildman–Crippen MR) is 125 cm³/mol. The number of esters is 1. The number of allylic oxidation sites excluding steroid dienone is 4. The van der Waals surface area contributed by atoms with Gasteiger partial charge in [-0.25, -0.2) is 13.2 Å². The van der Waals surface area contributed by atoms with Crippen LogP contribution in [0.3, 0.4) is 0 Å². The van der Waals surface area contributed by atoms with E-state index < -0.39 is 101 Å². The van der Waals surface area contributed by atoms with E-state index in [9.17, 15) is 23.9 Å². The molecule has 0 aliphatic heterocycles. The first kappa shape index (κ1) is 20.4. The number of ether oxygens (including phenoxy) is 1. The number of fused-ring (bicyclic) bond motifs is 5. The zero-order valence-electron chi connectivity index (χ0n) is 24.9. The van der Waals surface area contributed by atoms with Crippen molar-refractivity contribution >= 4 is 28.6 Å². The van der Waals surface area contributed by atoms with E-state index in [-0.39, 0.29) is 23.8 Å².